The molecular formula is C64H57N. The van der Waals surface area contributed by atoms with Crippen LogP contribution in [0.2, 0.25) is 0 Å². The molecule has 10 aromatic carbocycles. The summed E-state index contributed by atoms with van der Waals surface area (Å²) in [6.07, 6.45) is 2.16. The number of benzene rings is 10. The van der Waals surface area contributed by atoms with Crippen molar-refractivity contribution in [2.45, 2.75) is 66.7 Å². The second kappa shape index (κ2) is 17.1. The minimum absolute atomic E-state index is 0.00525. The Morgan fingerprint density at radius 1 is 0.369 bits per heavy atom. The average molecular weight is 840 g/mol. The van der Waals surface area contributed by atoms with Crippen molar-refractivity contribution in [1.82, 2.24) is 4.57 Å². The summed E-state index contributed by atoms with van der Waals surface area (Å²) in [7, 11) is 0. The first-order chi connectivity index (χ1) is 31.7. The number of nitrogens with zero attached hydrogens (tertiary/aromatic N) is 1. The van der Waals surface area contributed by atoms with Crippen molar-refractivity contribution in [2.75, 3.05) is 0 Å². The number of fused-ring (bicyclic) bond motifs is 11. The van der Waals surface area contributed by atoms with Crippen molar-refractivity contribution in [1.29, 1.82) is 0 Å². The highest BCUT2D eigenvalue weighted by molar-refractivity contribution is 6.14. The van der Waals surface area contributed by atoms with Gasteiger partial charge in [-0.3, -0.25) is 0 Å². The molecule has 12 rings (SSSR count). The van der Waals surface area contributed by atoms with Gasteiger partial charge in [0.15, 0.2) is 0 Å². The molecule has 1 aliphatic rings. The topological polar surface area (TPSA) is 4.93 Å². The highest BCUT2D eigenvalue weighted by Gasteiger charge is 2.42. The summed E-state index contributed by atoms with van der Waals surface area (Å²) in [6, 6.07) is 71.2. The van der Waals surface area contributed by atoms with Gasteiger partial charge in [-0.05, 0) is 144 Å². The van der Waals surface area contributed by atoms with E-state index in [1.165, 1.54) is 121 Å². The number of aryl methyl sites for hydroxylation is 5. The molecule has 318 valence electrons. The molecule has 0 radical (unpaired) electrons. The summed E-state index contributed by atoms with van der Waals surface area (Å²) in [5, 5.41) is 10.7. The van der Waals surface area contributed by atoms with Gasteiger partial charge in [-0.1, -0.05) is 200 Å². The summed E-state index contributed by atoms with van der Waals surface area (Å²) >= 11 is 0. The lowest BCUT2D eigenvalue weighted by atomic mass is 9.73. The van der Waals surface area contributed by atoms with E-state index in [1.54, 1.807) is 0 Å². The SMILES string of the molecule is CCC1(CC)c2cc(C)ccc2-c2c1cc(-n1c3ccc(C)cc3c3cc(-c4ccccc4)ccc31)c1ccccc21.Cc1ccc2c(c1)c(C)cc1ccccc12.Cc1ccccc1. The summed E-state index contributed by atoms with van der Waals surface area (Å²) in [5.41, 5.74) is 18.7. The third-order valence-corrected chi connectivity index (χ3v) is 14.1. The van der Waals surface area contributed by atoms with Crippen molar-refractivity contribution >= 4 is 54.1 Å². The van der Waals surface area contributed by atoms with Crippen molar-refractivity contribution < 1.29 is 0 Å². The number of hydrogen-bond acceptors (Lipinski definition) is 0. The van der Waals surface area contributed by atoms with Gasteiger partial charge < -0.3 is 4.57 Å². The Balaban J connectivity index is 0.000000176. The van der Waals surface area contributed by atoms with Gasteiger partial charge in [-0.2, -0.15) is 0 Å². The Kier molecular flexibility index (Phi) is 11.0. The van der Waals surface area contributed by atoms with Gasteiger partial charge in [0, 0.05) is 21.6 Å². The average Bonchev–Trinajstić information content (AvgIpc) is 3.80. The van der Waals surface area contributed by atoms with Crippen LogP contribution in [0, 0.1) is 34.6 Å². The largest absolute Gasteiger partial charge is 0.309 e. The van der Waals surface area contributed by atoms with Crippen LogP contribution in [0.4, 0.5) is 0 Å². The molecule has 1 heterocycles. The highest BCUT2D eigenvalue weighted by atomic mass is 15.0. The fraction of sp³-hybridized carbons (Fsp3) is 0.156. The van der Waals surface area contributed by atoms with E-state index >= 15 is 0 Å². The maximum Gasteiger partial charge on any atom is 0.0544 e. The molecule has 0 fully saturated rings. The van der Waals surface area contributed by atoms with Crippen LogP contribution in [0.25, 0.3) is 82.1 Å². The van der Waals surface area contributed by atoms with E-state index in [0.29, 0.717) is 0 Å². The zero-order valence-electron chi connectivity index (χ0n) is 38.8. The van der Waals surface area contributed by atoms with Gasteiger partial charge in [-0.25, -0.2) is 0 Å². The lowest BCUT2D eigenvalue weighted by molar-refractivity contribution is 0.490. The molecule has 1 heteroatoms. The first-order valence-electron chi connectivity index (χ1n) is 23.4. The number of rotatable bonds is 4. The minimum atomic E-state index is 0.00525. The van der Waals surface area contributed by atoms with Crippen molar-refractivity contribution in [3.8, 4) is 27.9 Å². The summed E-state index contributed by atoms with van der Waals surface area (Å²) in [5.74, 6) is 0. The second-order valence-corrected chi connectivity index (χ2v) is 18.3. The lowest BCUT2D eigenvalue weighted by Gasteiger charge is -2.30. The smallest absolute Gasteiger partial charge is 0.0544 e. The van der Waals surface area contributed by atoms with Crippen LogP contribution in [-0.4, -0.2) is 4.57 Å². The lowest BCUT2D eigenvalue weighted by Crippen LogP contribution is -2.23. The van der Waals surface area contributed by atoms with Crippen LogP contribution in [0.15, 0.2) is 194 Å². The molecule has 0 aliphatic heterocycles. The zero-order valence-corrected chi connectivity index (χ0v) is 38.8. The molecule has 0 atom stereocenters. The zero-order chi connectivity index (χ0) is 44.8. The second-order valence-electron chi connectivity index (χ2n) is 18.3. The highest BCUT2D eigenvalue weighted by Crippen LogP contribution is 2.56. The van der Waals surface area contributed by atoms with Gasteiger partial charge in [-0.15, -0.1) is 0 Å². The van der Waals surface area contributed by atoms with Crippen LogP contribution in [0.3, 0.4) is 0 Å². The fourth-order valence-electron chi connectivity index (χ4n) is 10.8. The quantitative estimate of drug-likeness (QED) is 0.156. The monoisotopic (exact) mass is 839 g/mol. The Bertz CT molecular complexity index is 3550. The van der Waals surface area contributed by atoms with Crippen molar-refractivity contribution in [3.05, 3.63) is 233 Å². The van der Waals surface area contributed by atoms with E-state index in [2.05, 4.69) is 229 Å². The van der Waals surface area contributed by atoms with Gasteiger partial charge in [0.1, 0.15) is 0 Å². The molecule has 1 nitrogen and oxygen atoms in total. The van der Waals surface area contributed by atoms with E-state index in [-0.39, 0.29) is 5.41 Å². The molecule has 0 saturated heterocycles. The Labute approximate surface area is 384 Å². The maximum absolute atomic E-state index is 2.55. The van der Waals surface area contributed by atoms with Crippen LogP contribution in [-0.2, 0) is 5.41 Å². The van der Waals surface area contributed by atoms with Gasteiger partial charge in [0.25, 0.3) is 0 Å². The molecular weight excluding hydrogens is 783 g/mol. The molecule has 0 N–H and O–H groups in total. The third-order valence-electron chi connectivity index (χ3n) is 14.1. The molecule has 0 amide bonds. The molecule has 65 heavy (non-hydrogen) atoms. The molecule has 0 unspecified atom stereocenters. The number of hydrogen-bond donors (Lipinski definition) is 0. The Hall–Kier alpha value is -7.22. The maximum atomic E-state index is 2.55. The van der Waals surface area contributed by atoms with E-state index in [9.17, 15) is 0 Å². The molecule has 1 aromatic heterocycles. The van der Waals surface area contributed by atoms with Crippen molar-refractivity contribution in [2.24, 2.45) is 0 Å². The molecule has 11 aromatic rings. The van der Waals surface area contributed by atoms with Crippen molar-refractivity contribution in [3.63, 3.8) is 0 Å². The van der Waals surface area contributed by atoms with Gasteiger partial charge >= 0.3 is 0 Å². The van der Waals surface area contributed by atoms with E-state index in [1.807, 2.05) is 18.2 Å². The van der Waals surface area contributed by atoms with Crippen LogP contribution in [0.5, 0.6) is 0 Å². The molecule has 0 saturated carbocycles. The standard InChI is InChI=1S/C41H35N.C16H14.C7H8/c1-5-41(6-2)35-23-27(4)16-19-32(35)40-31-15-11-10-14-30(31)39(25-36(40)41)42-37-20-17-26(3)22-33(37)34-24-29(18-21-38(34)42)28-12-8-7-9-13-28;1-11-7-8-15-14-6-4-3-5-13(14)10-12(2)16(15)9-11;1-7-5-3-2-4-6-7/h7-25H,5-6H2,1-4H3;3-10H,1-2H3;2-6H,1H3. The molecule has 0 bridgehead atoms. The van der Waals surface area contributed by atoms with Crippen LogP contribution in [0.1, 0.15) is 65.6 Å². The Morgan fingerprint density at radius 2 is 0.938 bits per heavy atom. The Morgan fingerprint density at radius 3 is 1.63 bits per heavy atom. The predicted octanol–water partition coefficient (Wildman–Crippen LogP) is 17.9. The fourth-order valence-corrected chi connectivity index (χ4v) is 10.8. The normalized spacial score (nSPS) is 12.5. The summed E-state index contributed by atoms with van der Waals surface area (Å²) in [4.78, 5) is 0. The summed E-state index contributed by atoms with van der Waals surface area (Å²) < 4.78 is 2.53. The van der Waals surface area contributed by atoms with Crippen LogP contribution >= 0.6 is 0 Å². The first-order valence-corrected chi connectivity index (χ1v) is 23.4. The number of aromatic nitrogens is 1. The van der Waals surface area contributed by atoms with Gasteiger partial charge in [0.2, 0.25) is 0 Å². The van der Waals surface area contributed by atoms with E-state index in [0.717, 1.165) is 12.8 Å². The first kappa shape index (κ1) is 41.8. The van der Waals surface area contributed by atoms with E-state index < -0.39 is 0 Å². The van der Waals surface area contributed by atoms with E-state index in [4.69, 9.17) is 0 Å². The van der Waals surface area contributed by atoms with Crippen LogP contribution < -0.4 is 0 Å². The third kappa shape index (κ3) is 7.30. The minimum Gasteiger partial charge on any atom is -0.309 e. The molecule has 1 aliphatic carbocycles. The molecule has 0 spiro atoms. The summed E-state index contributed by atoms with van der Waals surface area (Å²) in [6.45, 7) is 15.6. The predicted molar refractivity (Wildman–Crippen MR) is 282 cm³/mol. The van der Waals surface area contributed by atoms with Gasteiger partial charge in [0.05, 0.1) is 16.7 Å².